The summed E-state index contributed by atoms with van der Waals surface area (Å²) in [5, 5.41) is 11.8. The van der Waals surface area contributed by atoms with Gasteiger partial charge in [0.05, 0.1) is 0 Å². The Bertz CT molecular complexity index is 482. The molecule has 5 N–H and O–H groups in total. The van der Waals surface area contributed by atoms with E-state index in [1.807, 2.05) is 30.3 Å². The van der Waals surface area contributed by atoms with Crippen molar-refractivity contribution in [1.29, 1.82) is 0 Å². The van der Waals surface area contributed by atoms with E-state index in [4.69, 9.17) is 11.5 Å². The number of hydrogen-bond donors (Lipinski definition) is 3. The van der Waals surface area contributed by atoms with Crippen LogP contribution < -0.4 is 11.5 Å². The van der Waals surface area contributed by atoms with Gasteiger partial charge in [-0.1, -0.05) is 30.3 Å². The van der Waals surface area contributed by atoms with Gasteiger partial charge in [0.1, 0.15) is 5.75 Å². The molecule has 0 radical (unpaired) electrons. The molecule has 15 heavy (non-hydrogen) atoms. The Kier molecular flexibility index (Phi) is 2.58. The van der Waals surface area contributed by atoms with Crippen molar-refractivity contribution in [1.82, 2.24) is 0 Å². The summed E-state index contributed by atoms with van der Waals surface area (Å²) in [6.07, 6.45) is 0. The molecule has 1 atom stereocenters. The summed E-state index contributed by atoms with van der Waals surface area (Å²) in [5.74, 6) is 0.214. The normalized spacial score (nSPS) is 12.9. The number of phenolic OH excluding ortho intramolecular Hbond substituents is 1. The summed E-state index contributed by atoms with van der Waals surface area (Å²) < 4.78 is 0. The van der Waals surface area contributed by atoms with E-state index in [0.29, 0.717) is 6.54 Å². The third-order valence-corrected chi connectivity index (χ3v) is 2.57. The van der Waals surface area contributed by atoms with Crippen molar-refractivity contribution in [3.8, 4) is 5.75 Å². The van der Waals surface area contributed by atoms with E-state index >= 15 is 0 Å². The van der Waals surface area contributed by atoms with Crippen molar-refractivity contribution in [2.45, 2.75) is 6.04 Å². The monoisotopic (exact) mass is 202 g/mol. The highest BCUT2D eigenvalue weighted by Gasteiger charge is 2.12. The highest BCUT2D eigenvalue weighted by Crippen LogP contribution is 2.30. The van der Waals surface area contributed by atoms with Crippen molar-refractivity contribution >= 4 is 10.8 Å². The van der Waals surface area contributed by atoms with Crippen molar-refractivity contribution in [2.24, 2.45) is 11.5 Å². The van der Waals surface area contributed by atoms with Crippen LogP contribution in [0.5, 0.6) is 5.75 Å². The summed E-state index contributed by atoms with van der Waals surface area (Å²) in [5.41, 5.74) is 12.1. The van der Waals surface area contributed by atoms with Gasteiger partial charge in [-0.25, -0.2) is 0 Å². The van der Waals surface area contributed by atoms with Crippen LogP contribution in [0.3, 0.4) is 0 Å². The maximum Gasteiger partial charge on any atom is 0.121 e. The van der Waals surface area contributed by atoms with Gasteiger partial charge in [-0.15, -0.1) is 0 Å². The standard InChI is InChI=1S/C12H14N2O/c13-7-10(14)12-9-4-2-1-3-8(9)5-6-11(12)15/h1-6,10,15H,7,13-14H2/t10-/m0/s1. The number of nitrogens with two attached hydrogens (primary N) is 2. The first-order valence-corrected chi connectivity index (χ1v) is 4.90. The van der Waals surface area contributed by atoms with Gasteiger partial charge in [-0.2, -0.15) is 0 Å². The first-order valence-electron chi connectivity index (χ1n) is 4.90. The van der Waals surface area contributed by atoms with Crippen LogP contribution in [0.2, 0.25) is 0 Å². The Morgan fingerprint density at radius 2 is 1.87 bits per heavy atom. The second kappa shape index (κ2) is 3.88. The topological polar surface area (TPSA) is 72.3 Å². The Balaban J connectivity index is 2.74. The molecular formula is C12H14N2O. The zero-order chi connectivity index (χ0) is 10.8. The fourth-order valence-corrected chi connectivity index (χ4v) is 1.79. The minimum atomic E-state index is -0.323. The second-order valence-corrected chi connectivity index (χ2v) is 3.56. The van der Waals surface area contributed by atoms with E-state index in [0.717, 1.165) is 16.3 Å². The number of benzene rings is 2. The van der Waals surface area contributed by atoms with Gasteiger partial charge < -0.3 is 16.6 Å². The molecule has 2 aromatic carbocycles. The van der Waals surface area contributed by atoms with Crippen LogP contribution in [0.4, 0.5) is 0 Å². The number of rotatable bonds is 2. The average Bonchev–Trinajstić information content (AvgIpc) is 2.28. The number of aromatic hydroxyl groups is 1. The summed E-state index contributed by atoms with van der Waals surface area (Å²) in [6, 6.07) is 11.0. The SMILES string of the molecule is NC[C@H](N)c1c(O)ccc2ccccc12. The Labute approximate surface area is 88.3 Å². The van der Waals surface area contributed by atoms with E-state index < -0.39 is 0 Å². The molecule has 0 bridgehead atoms. The highest BCUT2D eigenvalue weighted by molar-refractivity contribution is 5.88. The van der Waals surface area contributed by atoms with E-state index in [9.17, 15) is 5.11 Å². The molecule has 0 fully saturated rings. The molecule has 3 heteroatoms. The van der Waals surface area contributed by atoms with Crippen molar-refractivity contribution < 1.29 is 5.11 Å². The third kappa shape index (κ3) is 1.67. The van der Waals surface area contributed by atoms with Crippen molar-refractivity contribution in [3.63, 3.8) is 0 Å². The van der Waals surface area contributed by atoms with Crippen LogP contribution in [-0.2, 0) is 0 Å². The molecule has 0 saturated carbocycles. The van der Waals surface area contributed by atoms with Crippen LogP contribution in [-0.4, -0.2) is 11.7 Å². The summed E-state index contributed by atoms with van der Waals surface area (Å²) in [6.45, 7) is 0.321. The fraction of sp³-hybridized carbons (Fsp3) is 0.167. The zero-order valence-electron chi connectivity index (χ0n) is 8.35. The van der Waals surface area contributed by atoms with E-state index in [-0.39, 0.29) is 11.8 Å². The molecule has 0 unspecified atom stereocenters. The first-order chi connectivity index (χ1) is 7.24. The maximum atomic E-state index is 9.77. The Morgan fingerprint density at radius 3 is 2.60 bits per heavy atom. The molecule has 78 valence electrons. The van der Waals surface area contributed by atoms with Crippen molar-refractivity contribution in [3.05, 3.63) is 42.0 Å². The van der Waals surface area contributed by atoms with E-state index in [2.05, 4.69) is 0 Å². The quantitative estimate of drug-likeness (QED) is 0.691. The number of fused-ring (bicyclic) bond motifs is 1. The lowest BCUT2D eigenvalue weighted by Gasteiger charge is -2.14. The molecule has 0 amide bonds. The van der Waals surface area contributed by atoms with Gasteiger partial charge in [-0.3, -0.25) is 0 Å². The fourth-order valence-electron chi connectivity index (χ4n) is 1.79. The molecule has 0 heterocycles. The van der Waals surface area contributed by atoms with Crippen LogP contribution in [0.25, 0.3) is 10.8 Å². The van der Waals surface area contributed by atoms with Crippen LogP contribution >= 0.6 is 0 Å². The van der Waals surface area contributed by atoms with Crippen LogP contribution in [0.1, 0.15) is 11.6 Å². The zero-order valence-corrected chi connectivity index (χ0v) is 8.35. The van der Waals surface area contributed by atoms with Gasteiger partial charge in [0, 0.05) is 18.2 Å². The maximum absolute atomic E-state index is 9.77. The summed E-state index contributed by atoms with van der Waals surface area (Å²) >= 11 is 0. The second-order valence-electron chi connectivity index (χ2n) is 3.56. The van der Waals surface area contributed by atoms with Gasteiger partial charge in [0.25, 0.3) is 0 Å². The Hall–Kier alpha value is -1.58. The van der Waals surface area contributed by atoms with Crippen LogP contribution in [0.15, 0.2) is 36.4 Å². The van der Waals surface area contributed by atoms with Crippen molar-refractivity contribution in [2.75, 3.05) is 6.54 Å². The van der Waals surface area contributed by atoms with Gasteiger partial charge >= 0.3 is 0 Å². The highest BCUT2D eigenvalue weighted by atomic mass is 16.3. The predicted molar refractivity (Wildman–Crippen MR) is 61.6 cm³/mol. The lowest BCUT2D eigenvalue weighted by atomic mass is 9.98. The lowest BCUT2D eigenvalue weighted by molar-refractivity contribution is 0.463. The molecule has 0 aliphatic heterocycles. The van der Waals surface area contributed by atoms with E-state index in [1.54, 1.807) is 6.07 Å². The summed E-state index contributed by atoms with van der Waals surface area (Å²) in [4.78, 5) is 0. The molecule has 0 aliphatic rings. The average molecular weight is 202 g/mol. The number of phenols is 1. The number of hydrogen-bond acceptors (Lipinski definition) is 3. The largest absolute Gasteiger partial charge is 0.508 e. The van der Waals surface area contributed by atoms with Crippen LogP contribution in [0, 0.1) is 0 Å². The molecule has 3 nitrogen and oxygen atoms in total. The molecule has 0 aromatic heterocycles. The third-order valence-electron chi connectivity index (χ3n) is 2.57. The molecule has 0 spiro atoms. The van der Waals surface area contributed by atoms with Gasteiger partial charge in [0.2, 0.25) is 0 Å². The molecule has 2 aromatic rings. The summed E-state index contributed by atoms with van der Waals surface area (Å²) in [7, 11) is 0. The Morgan fingerprint density at radius 1 is 1.13 bits per heavy atom. The van der Waals surface area contributed by atoms with E-state index in [1.165, 1.54) is 0 Å². The lowest BCUT2D eigenvalue weighted by Crippen LogP contribution is -2.21. The minimum Gasteiger partial charge on any atom is -0.508 e. The van der Waals surface area contributed by atoms with Gasteiger partial charge in [-0.05, 0) is 16.8 Å². The smallest absolute Gasteiger partial charge is 0.121 e. The van der Waals surface area contributed by atoms with Gasteiger partial charge in [0.15, 0.2) is 0 Å². The molecule has 2 rings (SSSR count). The minimum absolute atomic E-state index is 0.214. The molecule has 0 aliphatic carbocycles. The molecular weight excluding hydrogens is 188 g/mol. The first kappa shape index (κ1) is 9.96. The predicted octanol–water partition coefficient (Wildman–Crippen LogP) is 1.50. The molecule has 0 saturated heterocycles.